The Morgan fingerprint density at radius 1 is 1.53 bits per heavy atom. The Hall–Kier alpha value is -1.63. The molecule has 0 saturated carbocycles. The van der Waals surface area contributed by atoms with E-state index in [1.807, 2.05) is 0 Å². The minimum atomic E-state index is -3.00. The minimum Gasteiger partial charge on any atom is -0.481 e. The van der Waals surface area contributed by atoms with Crippen LogP contribution in [0.5, 0.6) is 5.88 Å². The summed E-state index contributed by atoms with van der Waals surface area (Å²) in [6, 6.07) is 2.88. The summed E-state index contributed by atoms with van der Waals surface area (Å²) in [4.78, 5) is 17.7. The Kier molecular flexibility index (Phi) is 3.75. The van der Waals surface area contributed by atoms with Crippen molar-refractivity contribution in [2.45, 2.75) is 12.5 Å². The molecule has 2 rings (SSSR count). The van der Waals surface area contributed by atoms with E-state index in [1.165, 1.54) is 18.2 Å². The molecule has 1 aliphatic heterocycles. The smallest absolute Gasteiger partial charge is 0.254 e. The van der Waals surface area contributed by atoms with Crippen LogP contribution in [-0.4, -0.2) is 55.9 Å². The van der Waals surface area contributed by atoms with Crippen molar-refractivity contribution in [3.8, 4) is 5.88 Å². The maximum Gasteiger partial charge on any atom is 0.254 e. The van der Waals surface area contributed by atoms with E-state index >= 15 is 0 Å². The first-order valence-electron chi connectivity index (χ1n) is 5.90. The number of nitrogens with zero attached hydrogens (tertiary/aromatic N) is 2. The van der Waals surface area contributed by atoms with Crippen molar-refractivity contribution < 1.29 is 17.9 Å². The average molecular weight is 284 g/mol. The fraction of sp³-hybridized carbons (Fsp3) is 0.500. The number of aromatic nitrogens is 1. The molecule has 0 bridgehead atoms. The standard InChI is InChI=1S/C12H16N2O4S/c1-14(10-4-6-19(16,17)8-10)12(15)9-3-5-13-11(7-9)18-2/h3,5,7,10H,4,6,8H2,1-2H3. The summed E-state index contributed by atoms with van der Waals surface area (Å²) in [6.45, 7) is 0. The van der Waals surface area contributed by atoms with Gasteiger partial charge in [0.15, 0.2) is 9.84 Å². The lowest BCUT2D eigenvalue weighted by Gasteiger charge is -2.23. The molecule has 6 nitrogen and oxygen atoms in total. The molecule has 2 heterocycles. The lowest BCUT2D eigenvalue weighted by molar-refractivity contribution is 0.0747. The van der Waals surface area contributed by atoms with Gasteiger partial charge in [0.2, 0.25) is 5.88 Å². The molecule has 1 saturated heterocycles. The molecule has 0 spiro atoms. The largest absolute Gasteiger partial charge is 0.481 e. The number of hydrogen-bond donors (Lipinski definition) is 0. The van der Waals surface area contributed by atoms with Crippen LogP contribution in [0.2, 0.25) is 0 Å². The number of rotatable bonds is 3. The Morgan fingerprint density at radius 2 is 2.26 bits per heavy atom. The van der Waals surface area contributed by atoms with Crippen molar-refractivity contribution in [2.24, 2.45) is 0 Å². The van der Waals surface area contributed by atoms with Gasteiger partial charge in [-0.1, -0.05) is 0 Å². The van der Waals surface area contributed by atoms with Gasteiger partial charge in [-0.2, -0.15) is 0 Å². The van der Waals surface area contributed by atoms with Crippen molar-refractivity contribution in [1.29, 1.82) is 0 Å². The van der Waals surface area contributed by atoms with Crippen LogP contribution >= 0.6 is 0 Å². The maximum atomic E-state index is 12.3. The van der Waals surface area contributed by atoms with Gasteiger partial charge in [-0.05, 0) is 12.5 Å². The number of pyridine rings is 1. The molecular formula is C12H16N2O4S. The van der Waals surface area contributed by atoms with Crippen LogP contribution in [-0.2, 0) is 9.84 Å². The molecule has 1 aromatic heterocycles. The monoisotopic (exact) mass is 284 g/mol. The van der Waals surface area contributed by atoms with Crippen LogP contribution in [0.25, 0.3) is 0 Å². The van der Waals surface area contributed by atoms with Gasteiger partial charge in [0.1, 0.15) is 0 Å². The predicted molar refractivity (Wildman–Crippen MR) is 69.9 cm³/mol. The first-order chi connectivity index (χ1) is 8.93. The molecule has 1 aliphatic rings. The molecule has 19 heavy (non-hydrogen) atoms. The van der Waals surface area contributed by atoms with Crippen LogP contribution in [0.15, 0.2) is 18.3 Å². The van der Waals surface area contributed by atoms with Crippen molar-refractivity contribution in [3.63, 3.8) is 0 Å². The lowest BCUT2D eigenvalue weighted by atomic mass is 10.2. The van der Waals surface area contributed by atoms with Crippen molar-refractivity contribution >= 4 is 15.7 Å². The van der Waals surface area contributed by atoms with E-state index in [4.69, 9.17) is 4.74 Å². The summed E-state index contributed by atoms with van der Waals surface area (Å²) in [5.41, 5.74) is 0.443. The minimum absolute atomic E-state index is 0.0391. The van der Waals surface area contributed by atoms with Crippen LogP contribution < -0.4 is 4.74 Å². The highest BCUT2D eigenvalue weighted by atomic mass is 32.2. The number of hydrogen-bond acceptors (Lipinski definition) is 5. The second-order valence-electron chi connectivity index (χ2n) is 4.56. The highest BCUT2D eigenvalue weighted by molar-refractivity contribution is 7.91. The van der Waals surface area contributed by atoms with E-state index in [0.29, 0.717) is 17.9 Å². The van der Waals surface area contributed by atoms with E-state index < -0.39 is 9.84 Å². The second-order valence-corrected chi connectivity index (χ2v) is 6.79. The first kappa shape index (κ1) is 13.8. The van der Waals surface area contributed by atoms with E-state index in [9.17, 15) is 13.2 Å². The molecule has 1 amide bonds. The van der Waals surface area contributed by atoms with E-state index in [1.54, 1.807) is 19.2 Å². The van der Waals surface area contributed by atoms with Crippen LogP contribution in [0.3, 0.4) is 0 Å². The van der Waals surface area contributed by atoms with Gasteiger partial charge in [0.05, 0.1) is 18.6 Å². The van der Waals surface area contributed by atoms with E-state index in [-0.39, 0.29) is 23.5 Å². The number of carbonyl (C=O) groups excluding carboxylic acids is 1. The molecule has 1 atom stereocenters. The van der Waals surface area contributed by atoms with Crippen LogP contribution in [0.4, 0.5) is 0 Å². The second kappa shape index (κ2) is 5.16. The summed E-state index contributed by atoms with van der Waals surface area (Å²) in [5.74, 6) is 0.327. The van der Waals surface area contributed by atoms with Crippen molar-refractivity contribution in [3.05, 3.63) is 23.9 Å². The van der Waals surface area contributed by atoms with E-state index in [2.05, 4.69) is 4.98 Å². The molecule has 1 fully saturated rings. The van der Waals surface area contributed by atoms with Crippen molar-refractivity contribution in [1.82, 2.24) is 9.88 Å². The predicted octanol–water partition coefficient (Wildman–Crippen LogP) is 0.349. The quantitative estimate of drug-likeness (QED) is 0.800. The molecule has 0 aliphatic carbocycles. The summed E-state index contributed by atoms with van der Waals surface area (Å²) in [6.07, 6.45) is 1.98. The summed E-state index contributed by atoms with van der Waals surface area (Å²) < 4.78 is 27.8. The zero-order chi connectivity index (χ0) is 14.0. The number of sulfone groups is 1. The number of ether oxygens (including phenoxy) is 1. The number of methoxy groups -OCH3 is 1. The fourth-order valence-electron chi connectivity index (χ4n) is 2.10. The Balaban J connectivity index is 2.15. The molecule has 7 heteroatoms. The van der Waals surface area contributed by atoms with Gasteiger partial charge in [-0.3, -0.25) is 4.79 Å². The summed E-state index contributed by atoms with van der Waals surface area (Å²) in [7, 11) is 0.102. The maximum absolute atomic E-state index is 12.3. The Labute approximate surface area is 112 Å². The van der Waals surface area contributed by atoms with Crippen LogP contribution in [0.1, 0.15) is 16.8 Å². The summed E-state index contributed by atoms with van der Waals surface area (Å²) >= 11 is 0. The molecule has 1 aromatic rings. The number of amides is 1. The van der Waals surface area contributed by atoms with Crippen LogP contribution in [0, 0.1) is 0 Å². The Bertz CT molecular complexity index is 585. The van der Waals surface area contributed by atoms with E-state index in [0.717, 1.165) is 0 Å². The Morgan fingerprint density at radius 3 is 2.84 bits per heavy atom. The van der Waals surface area contributed by atoms with Gasteiger partial charge in [0.25, 0.3) is 5.91 Å². The van der Waals surface area contributed by atoms with Gasteiger partial charge >= 0.3 is 0 Å². The molecule has 0 aromatic carbocycles. The highest BCUT2D eigenvalue weighted by Gasteiger charge is 2.33. The third-order valence-corrected chi connectivity index (χ3v) is 5.02. The average Bonchev–Trinajstić information content (AvgIpc) is 2.77. The first-order valence-corrected chi connectivity index (χ1v) is 7.73. The van der Waals surface area contributed by atoms with Gasteiger partial charge in [0, 0.05) is 30.9 Å². The zero-order valence-corrected chi connectivity index (χ0v) is 11.7. The fourth-order valence-corrected chi connectivity index (χ4v) is 3.88. The highest BCUT2D eigenvalue weighted by Crippen LogP contribution is 2.19. The molecule has 0 radical (unpaired) electrons. The summed E-state index contributed by atoms with van der Waals surface area (Å²) in [5, 5.41) is 0. The third-order valence-electron chi connectivity index (χ3n) is 3.27. The molecular weight excluding hydrogens is 268 g/mol. The molecule has 1 unspecified atom stereocenters. The van der Waals surface area contributed by atoms with Gasteiger partial charge in [-0.25, -0.2) is 13.4 Å². The zero-order valence-electron chi connectivity index (χ0n) is 10.9. The van der Waals surface area contributed by atoms with Gasteiger partial charge < -0.3 is 9.64 Å². The van der Waals surface area contributed by atoms with Crippen molar-refractivity contribution in [2.75, 3.05) is 25.7 Å². The number of carbonyl (C=O) groups is 1. The topological polar surface area (TPSA) is 76.6 Å². The SMILES string of the molecule is COc1cc(C(=O)N(C)C2CCS(=O)(=O)C2)ccn1. The normalized spacial score (nSPS) is 21.1. The molecule has 104 valence electrons. The molecule has 0 N–H and O–H groups in total. The third kappa shape index (κ3) is 3.04. The van der Waals surface area contributed by atoms with Gasteiger partial charge in [-0.15, -0.1) is 0 Å². The lowest BCUT2D eigenvalue weighted by Crippen LogP contribution is -2.37.